The van der Waals surface area contributed by atoms with Crippen molar-refractivity contribution in [2.75, 3.05) is 19.6 Å². The minimum atomic E-state index is -4.06. The number of hydrogen-bond acceptors (Lipinski definition) is 5. The number of carbonyl (C=O) groups excluding carboxylic acids is 1. The van der Waals surface area contributed by atoms with Gasteiger partial charge in [0.15, 0.2) is 0 Å². The van der Waals surface area contributed by atoms with Gasteiger partial charge in [0.25, 0.3) is 5.91 Å². The van der Waals surface area contributed by atoms with E-state index in [0.717, 1.165) is 67.7 Å². The second kappa shape index (κ2) is 12.6. The highest BCUT2D eigenvalue weighted by Crippen LogP contribution is 2.45. The molecule has 1 N–H and O–H groups in total. The van der Waals surface area contributed by atoms with Crippen LogP contribution in [0.25, 0.3) is 11.0 Å². The second-order valence-electron chi connectivity index (χ2n) is 14.6. The Balaban J connectivity index is 0.980. The van der Waals surface area contributed by atoms with Crippen molar-refractivity contribution in [3.8, 4) is 0 Å². The number of rotatable bonds is 9. The van der Waals surface area contributed by atoms with E-state index >= 15 is 0 Å². The van der Waals surface area contributed by atoms with Crippen molar-refractivity contribution >= 4 is 27.0 Å². The van der Waals surface area contributed by atoms with E-state index in [0.29, 0.717) is 44.1 Å². The third kappa shape index (κ3) is 6.18. The van der Waals surface area contributed by atoms with Crippen molar-refractivity contribution in [3.05, 3.63) is 95.3 Å². The van der Waals surface area contributed by atoms with E-state index in [4.69, 9.17) is 4.98 Å². The molecule has 0 spiro atoms. The number of piperidine rings is 2. The number of aromatic nitrogens is 2. The van der Waals surface area contributed by atoms with E-state index in [1.54, 1.807) is 17.0 Å². The zero-order valence-corrected chi connectivity index (χ0v) is 28.6. The van der Waals surface area contributed by atoms with Crippen molar-refractivity contribution in [2.24, 2.45) is 0 Å². The lowest BCUT2D eigenvalue weighted by Gasteiger charge is -2.45. The number of carbonyl (C=O) groups is 1. The van der Waals surface area contributed by atoms with Gasteiger partial charge in [-0.15, -0.1) is 0 Å². The maximum Gasteiger partial charge on any atom is 0.253 e. The number of nitrogens with zero attached hydrogens (tertiary/aromatic N) is 4. The Morgan fingerprint density at radius 2 is 1.65 bits per heavy atom. The number of benzene rings is 3. The zero-order valence-electron chi connectivity index (χ0n) is 27.8. The van der Waals surface area contributed by atoms with Crippen LogP contribution in [0.15, 0.2) is 71.6 Å². The molecule has 8 rings (SSSR count). The van der Waals surface area contributed by atoms with Gasteiger partial charge in [-0.25, -0.2) is 26.9 Å². The third-order valence-corrected chi connectivity index (χ3v) is 13.2. The predicted octanol–water partition coefficient (Wildman–Crippen LogP) is 6.50. The molecule has 2 bridgehead atoms. The Labute approximate surface area is 286 Å². The molecule has 49 heavy (non-hydrogen) atoms. The highest BCUT2D eigenvalue weighted by atomic mass is 32.2. The van der Waals surface area contributed by atoms with Crippen molar-refractivity contribution in [1.82, 2.24) is 24.1 Å². The summed E-state index contributed by atoms with van der Waals surface area (Å²) in [6, 6.07) is 20.1. The summed E-state index contributed by atoms with van der Waals surface area (Å²) in [7, 11) is -4.06. The molecule has 1 saturated carbocycles. The number of likely N-dealkylation sites (tertiary alicyclic amines) is 1. The van der Waals surface area contributed by atoms with Gasteiger partial charge in [-0.1, -0.05) is 24.3 Å². The molecular weight excluding hydrogens is 645 g/mol. The van der Waals surface area contributed by atoms with Gasteiger partial charge >= 0.3 is 0 Å². The van der Waals surface area contributed by atoms with Crippen LogP contribution in [0, 0.1) is 18.6 Å². The largest absolute Gasteiger partial charge is 0.339 e. The number of para-hydroxylation sites is 2. The van der Waals surface area contributed by atoms with E-state index in [9.17, 15) is 22.0 Å². The molecule has 1 aromatic heterocycles. The lowest BCUT2D eigenvalue weighted by molar-refractivity contribution is 0.0606. The number of fused-ring (bicyclic) bond motifs is 3. The second-order valence-corrected chi connectivity index (χ2v) is 16.3. The fourth-order valence-corrected chi connectivity index (χ4v) is 10.3. The van der Waals surface area contributed by atoms with Gasteiger partial charge in [-0.3, -0.25) is 9.69 Å². The fraction of sp³-hybridized carbons (Fsp3) is 0.474. The van der Waals surface area contributed by atoms with Gasteiger partial charge in [-0.2, -0.15) is 0 Å². The van der Waals surface area contributed by atoms with Crippen LogP contribution < -0.4 is 4.72 Å². The fourth-order valence-electron chi connectivity index (χ4n) is 8.94. The Morgan fingerprint density at radius 3 is 2.37 bits per heavy atom. The van der Waals surface area contributed by atoms with Gasteiger partial charge in [0.2, 0.25) is 10.0 Å². The van der Waals surface area contributed by atoms with E-state index in [1.807, 2.05) is 12.1 Å². The predicted molar refractivity (Wildman–Crippen MR) is 184 cm³/mol. The number of hydrogen-bond donors (Lipinski definition) is 1. The van der Waals surface area contributed by atoms with Crippen molar-refractivity contribution in [1.29, 1.82) is 0 Å². The average Bonchev–Trinajstić information content (AvgIpc) is 3.78. The molecular formula is C38H43F2N5O3S. The molecule has 3 atom stereocenters. The van der Waals surface area contributed by atoms with E-state index in [2.05, 4.69) is 39.3 Å². The molecule has 8 nitrogen and oxygen atoms in total. The highest BCUT2D eigenvalue weighted by molar-refractivity contribution is 7.89. The average molecular weight is 688 g/mol. The van der Waals surface area contributed by atoms with E-state index in [1.165, 1.54) is 30.5 Å². The summed E-state index contributed by atoms with van der Waals surface area (Å²) in [5.41, 5.74) is 3.06. The van der Waals surface area contributed by atoms with Gasteiger partial charge in [0.1, 0.15) is 22.4 Å². The van der Waals surface area contributed by atoms with Crippen LogP contribution in [-0.4, -0.2) is 71.4 Å². The smallest absolute Gasteiger partial charge is 0.253 e. The van der Waals surface area contributed by atoms with Crippen LogP contribution in [0.2, 0.25) is 0 Å². The van der Waals surface area contributed by atoms with Crippen molar-refractivity contribution in [2.45, 2.75) is 99.2 Å². The number of amides is 1. The number of imidazole rings is 1. The summed E-state index contributed by atoms with van der Waals surface area (Å²) in [4.78, 5) is 22.4. The van der Waals surface area contributed by atoms with E-state index < -0.39 is 20.7 Å². The normalized spacial score (nSPS) is 24.1. The molecule has 3 aromatic carbocycles. The summed E-state index contributed by atoms with van der Waals surface area (Å²) in [5, 5.41) is 0. The third-order valence-electron chi connectivity index (χ3n) is 11.7. The van der Waals surface area contributed by atoms with Crippen molar-refractivity contribution in [3.63, 3.8) is 0 Å². The first kappa shape index (κ1) is 32.5. The first-order chi connectivity index (χ1) is 23.6. The molecule has 0 radical (unpaired) electrons. The quantitative estimate of drug-likeness (QED) is 0.217. The van der Waals surface area contributed by atoms with Gasteiger partial charge in [0.05, 0.1) is 11.0 Å². The summed E-state index contributed by atoms with van der Waals surface area (Å²) in [6.45, 7) is 3.90. The molecule has 258 valence electrons. The Bertz CT molecular complexity index is 1990. The molecule has 4 fully saturated rings. The van der Waals surface area contributed by atoms with Crippen molar-refractivity contribution < 1.29 is 22.0 Å². The first-order valence-electron chi connectivity index (χ1n) is 17.7. The van der Waals surface area contributed by atoms with E-state index in [-0.39, 0.29) is 28.7 Å². The van der Waals surface area contributed by atoms with Crippen LogP contribution in [0.3, 0.4) is 0 Å². The monoisotopic (exact) mass is 687 g/mol. The number of aryl methyl sites for hydroxylation is 1. The van der Waals surface area contributed by atoms with Crippen LogP contribution in [-0.2, 0) is 15.4 Å². The summed E-state index contributed by atoms with van der Waals surface area (Å²) >= 11 is 0. The minimum absolute atomic E-state index is 0.149. The maximum atomic E-state index is 14.7. The van der Waals surface area contributed by atoms with Crippen LogP contribution in [0.4, 0.5) is 8.78 Å². The minimum Gasteiger partial charge on any atom is -0.339 e. The lowest BCUT2D eigenvalue weighted by atomic mass is 9.70. The molecule has 3 saturated heterocycles. The Hall–Kier alpha value is -3.67. The zero-order chi connectivity index (χ0) is 33.9. The summed E-state index contributed by atoms with van der Waals surface area (Å²) < 4.78 is 59.9. The molecule has 3 aliphatic heterocycles. The number of sulfonamides is 1. The number of nitrogens with one attached hydrogen (secondary N) is 1. The number of halogens is 2. The van der Waals surface area contributed by atoms with Crippen LogP contribution in [0.1, 0.15) is 85.6 Å². The molecule has 1 aliphatic carbocycles. The summed E-state index contributed by atoms with van der Waals surface area (Å²) in [5.74, 6) is -0.393. The maximum absolute atomic E-state index is 14.7. The molecule has 4 aromatic rings. The Kier molecular flexibility index (Phi) is 8.35. The standard InChI is InChI=1S/C38H43F2N5O3S/c1-25-41-34-7-2-3-8-35(34)45(25)32-23-30-12-13-31(24-32)44(30)20-17-38(27-5-4-6-28(39)22-27)15-18-43(19-16-38)37(46)26-9-14-33(40)36(21-26)49(47,48)42-29-10-11-29/h2-9,14,21-22,29-32,42H,10-13,15-20,23-24H2,1H3/t30-,31+,32+. The van der Waals surface area contributed by atoms with Gasteiger partial charge < -0.3 is 9.47 Å². The molecule has 4 aliphatic rings. The highest BCUT2D eigenvalue weighted by Gasteiger charge is 2.44. The topological polar surface area (TPSA) is 87.5 Å². The molecule has 4 heterocycles. The first-order valence-corrected chi connectivity index (χ1v) is 19.2. The van der Waals surface area contributed by atoms with Gasteiger partial charge in [-0.05, 0) is 125 Å². The lowest BCUT2D eigenvalue weighted by Crippen LogP contribution is -2.49. The molecule has 11 heteroatoms. The molecule has 1 amide bonds. The summed E-state index contributed by atoms with van der Waals surface area (Å²) in [6.07, 6.45) is 8.13. The van der Waals surface area contributed by atoms with Crippen LogP contribution >= 0.6 is 0 Å². The van der Waals surface area contributed by atoms with Crippen LogP contribution in [0.5, 0.6) is 0 Å². The van der Waals surface area contributed by atoms with Gasteiger partial charge in [0, 0.05) is 42.8 Å². The Morgan fingerprint density at radius 1 is 0.918 bits per heavy atom. The molecule has 0 unspecified atom stereocenters. The SMILES string of the molecule is Cc1nc2ccccc2n1[C@H]1C[C@H]2CC[C@@H](C1)N2CCC1(c2cccc(F)c2)CCN(C(=O)c2ccc(F)c(S(=O)(=O)NC3CC3)c2)CC1.